The van der Waals surface area contributed by atoms with Gasteiger partial charge in [0.15, 0.2) is 11.5 Å². The smallest absolute Gasteiger partial charge is 0.480 e. The molecule has 0 fully saturated rings. The third kappa shape index (κ3) is 12.3. The summed E-state index contributed by atoms with van der Waals surface area (Å²) in [5.74, 6) is -2.36. The lowest BCUT2D eigenvalue weighted by molar-refractivity contribution is -0.148. The SMILES string of the molecule is CCC(C)COC(=O)Oc1ccc(C[C@](N)(C(=O)O)[C@H](C)[C@H](C)OC(=O)OC(C)(C)CC)cc1OC(=O)OCC(C)CC. The van der Waals surface area contributed by atoms with Crippen LogP contribution in [0.5, 0.6) is 11.5 Å². The monoisotopic (exact) mass is 611 g/mol. The van der Waals surface area contributed by atoms with Gasteiger partial charge in [0.1, 0.15) is 17.2 Å². The fourth-order valence-electron chi connectivity index (χ4n) is 3.48. The summed E-state index contributed by atoms with van der Waals surface area (Å²) in [6, 6.07) is 4.16. The Bertz CT molecular complexity index is 1090. The molecule has 43 heavy (non-hydrogen) atoms. The molecule has 3 N–H and O–H groups in total. The Morgan fingerprint density at radius 3 is 1.81 bits per heavy atom. The first-order valence-electron chi connectivity index (χ1n) is 14.7. The fourth-order valence-corrected chi connectivity index (χ4v) is 3.48. The fraction of sp³-hybridized carbons (Fsp3) is 0.677. The standard InChI is InChI=1S/C31H49NO11/c1-10-19(4)17-38-27(35)41-24-14-13-23(15-25(24)42-28(36)39-18-20(5)11-2)16-31(32,26(33)34)21(6)22(7)40-29(37)43-30(8,9)12-3/h13-15,19-22H,10-12,16-18,32H2,1-9H3,(H,33,34)/t19?,20?,21-,22+,31-/m1/s1. The minimum absolute atomic E-state index is 0.0922. The van der Waals surface area contributed by atoms with Crippen LogP contribution in [0.4, 0.5) is 14.4 Å². The van der Waals surface area contributed by atoms with Gasteiger partial charge in [0.2, 0.25) is 0 Å². The Morgan fingerprint density at radius 2 is 1.35 bits per heavy atom. The van der Waals surface area contributed by atoms with Crippen LogP contribution in [0.15, 0.2) is 18.2 Å². The molecule has 0 aliphatic carbocycles. The van der Waals surface area contributed by atoms with Crippen molar-refractivity contribution in [2.45, 2.75) is 105 Å². The summed E-state index contributed by atoms with van der Waals surface area (Å²) in [6.07, 6.45) is -2.04. The van der Waals surface area contributed by atoms with E-state index in [2.05, 4.69) is 0 Å². The molecule has 0 radical (unpaired) electrons. The first-order chi connectivity index (χ1) is 20.0. The molecule has 0 bridgehead atoms. The molecule has 0 amide bonds. The molecule has 0 aliphatic rings. The molecule has 2 unspecified atom stereocenters. The maximum atomic E-state index is 12.5. The topological polar surface area (TPSA) is 170 Å². The Hall–Kier alpha value is -3.54. The molecule has 1 aromatic carbocycles. The molecule has 1 rings (SSSR count). The number of hydrogen-bond donors (Lipinski definition) is 2. The van der Waals surface area contributed by atoms with Crippen LogP contribution in [-0.4, -0.2) is 60.0 Å². The zero-order chi connectivity index (χ0) is 33.0. The van der Waals surface area contributed by atoms with Crippen LogP contribution in [0.3, 0.4) is 0 Å². The van der Waals surface area contributed by atoms with Crippen LogP contribution in [-0.2, 0) is 30.2 Å². The van der Waals surface area contributed by atoms with Crippen LogP contribution in [0, 0.1) is 17.8 Å². The number of carbonyl (C=O) groups excluding carboxylic acids is 3. The van der Waals surface area contributed by atoms with Crippen molar-refractivity contribution in [2.24, 2.45) is 23.5 Å². The van der Waals surface area contributed by atoms with E-state index in [-0.39, 0.29) is 43.0 Å². The van der Waals surface area contributed by atoms with E-state index in [1.54, 1.807) is 20.8 Å². The molecule has 0 saturated carbocycles. The average Bonchev–Trinajstić information content (AvgIpc) is 2.94. The van der Waals surface area contributed by atoms with E-state index in [1.807, 2.05) is 34.6 Å². The Kier molecular flexibility index (Phi) is 14.8. The van der Waals surface area contributed by atoms with Crippen molar-refractivity contribution in [3.05, 3.63) is 23.8 Å². The van der Waals surface area contributed by atoms with Gasteiger partial charge in [-0.2, -0.15) is 0 Å². The Labute approximate surface area is 254 Å². The second-order valence-electron chi connectivity index (χ2n) is 11.7. The van der Waals surface area contributed by atoms with Crippen molar-refractivity contribution < 1.29 is 52.7 Å². The highest BCUT2D eigenvalue weighted by Crippen LogP contribution is 2.33. The number of carboxylic acids is 1. The maximum absolute atomic E-state index is 12.5. The largest absolute Gasteiger partial charge is 0.513 e. The van der Waals surface area contributed by atoms with Gasteiger partial charge in [0.05, 0.1) is 13.2 Å². The summed E-state index contributed by atoms with van der Waals surface area (Å²) >= 11 is 0. The predicted octanol–water partition coefficient (Wildman–Crippen LogP) is 6.50. The first kappa shape index (κ1) is 37.5. The van der Waals surface area contributed by atoms with E-state index in [0.29, 0.717) is 12.0 Å². The average molecular weight is 612 g/mol. The Balaban J connectivity index is 3.25. The highest BCUT2D eigenvalue weighted by Gasteiger charge is 2.44. The molecule has 0 spiro atoms. The summed E-state index contributed by atoms with van der Waals surface area (Å²) in [5, 5.41) is 10.1. The second-order valence-corrected chi connectivity index (χ2v) is 11.7. The number of carbonyl (C=O) groups is 4. The molecular formula is C31H49NO11. The van der Waals surface area contributed by atoms with Gasteiger partial charge in [-0.05, 0) is 56.7 Å². The number of benzene rings is 1. The van der Waals surface area contributed by atoms with E-state index in [0.717, 1.165) is 12.8 Å². The molecule has 0 aliphatic heterocycles. The molecule has 0 heterocycles. The number of nitrogens with two attached hydrogens (primary N) is 1. The minimum atomic E-state index is -1.92. The highest BCUT2D eigenvalue weighted by molar-refractivity contribution is 5.80. The van der Waals surface area contributed by atoms with E-state index >= 15 is 0 Å². The highest BCUT2D eigenvalue weighted by atomic mass is 16.7. The van der Waals surface area contributed by atoms with Gasteiger partial charge in [-0.25, -0.2) is 14.4 Å². The first-order valence-corrected chi connectivity index (χ1v) is 14.7. The second kappa shape index (κ2) is 16.9. The lowest BCUT2D eigenvalue weighted by Crippen LogP contribution is -2.58. The number of rotatable bonds is 16. The van der Waals surface area contributed by atoms with Crippen molar-refractivity contribution in [2.75, 3.05) is 13.2 Å². The lowest BCUT2D eigenvalue weighted by Gasteiger charge is -2.35. The van der Waals surface area contributed by atoms with Gasteiger partial charge in [-0.15, -0.1) is 0 Å². The Morgan fingerprint density at radius 1 is 0.837 bits per heavy atom. The summed E-state index contributed by atoms with van der Waals surface area (Å²) < 4.78 is 31.6. The minimum Gasteiger partial charge on any atom is -0.480 e. The van der Waals surface area contributed by atoms with E-state index in [4.69, 9.17) is 34.2 Å². The summed E-state index contributed by atoms with van der Waals surface area (Å²) in [5.41, 5.74) is 4.08. The van der Waals surface area contributed by atoms with Gasteiger partial charge in [0.25, 0.3) is 0 Å². The molecule has 12 heteroatoms. The molecule has 244 valence electrons. The van der Waals surface area contributed by atoms with Crippen LogP contribution in [0.2, 0.25) is 0 Å². The van der Waals surface area contributed by atoms with Crippen molar-refractivity contribution in [3.63, 3.8) is 0 Å². The van der Waals surface area contributed by atoms with Gasteiger partial charge in [-0.3, -0.25) is 4.79 Å². The number of aliphatic carboxylic acids is 1. The van der Waals surface area contributed by atoms with Crippen molar-refractivity contribution >= 4 is 24.4 Å². The summed E-state index contributed by atoms with van der Waals surface area (Å²) in [6.45, 7) is 16.3. The molecular weight excluding hydrogens is 562 g/mol. The molecule has 12 nitrogen and oxygen atoms in total. The third-order valence-electron chi connectivity index (χ3n) is 7.66. The maximum Gasteiger partial charge on any atom is 0.513 e. The van der Waals surface area contributed by atoms with E-state index < -0.39 is 47.6 Å². The molecule has 0 saturated heterocycles. The van der Waals surface area contributed by atoms with Gasteiger partial charge in [0, 0.05) is 12.3 Å². The number of hydrogen-bond acceptors (Lipinski definition) is 11. The van der Waals surface area contributed by atoms with Gasteiger partial charge in [-0.1, -0.05) is 60.5 Å². The van der Waals surface area contributed by atoms with Crippen LogP contribution >= 0.6 is 0 Å². The quantitative estimate of drug-likeness (QED) is 0.118. The lowest BCUT2D eigenvalue weighted by atomic mass is 9.78. The van der Waals surface area contributed by atoms with Gasteiger partial charge >= 0.3 is 24.4 Å². The van der Waals surface area contributed by atoms with Crippen LogP contribution in [0.25, 0.3) is 0 Å². The van der Waals surface area contributed by atoms with Crippen LogP contribution in [0.1, 0.15) is 87.1 Å². The van der Waals surface area contributed by atoms with E-state index in [9.17, 15) is 24.3 Å². The van der Waals surface area contributed by atoms with E-state index in [1.165, 1.54) is 25.1 Å². The van der Waals surface area contributed by atoms with Crippen LogP contribution < -0.4 is 15.2 Å². The molecule has 5 atom stereocenters. The zero-order valence-electron chi connectivity index (χ0n) is 26.9. The third-order valence-corrected chi connectivity index (χ3v) is 7.66. The van der Waals surface area contributed by atoms with Crippen molar-refractivity contribution in [1.82, 2.24) is 0 Å². The van der Waals surface area contributed by atoms with Crippen molar-refractivity contribution in [1.29, 1.82) is 0 Å². The predicted molar refractivity (Wildman–Crippen MR) is 158 cm³/mol. The summed E-state index contributed by atoms with van der Waals surface area (Å²) in [4.78, 5) is 49.6. The molecule has 1 aromatic rings. The number of ether oxygens (including phenoxy) is 6. The van der Waals surface area contributed by atoms with Gasteiger partial charge < -0.3 is 39.3 Å². The summed E-state index contributed by atoms with van der Waals surface area (Å²) in [7, 11) is 0. The molecule has 0 aromatic heterocycles. The zero-order valence-corrected chi connectivity index (χ0v) is 26.9. The number of carboxylic acid groups (broad SMARTS) is 1. The van der Waals surface area contributed by atoms with Crippen molar-refractivity contribution in [3.8, 4) is 11.5 Å². The normalized spacial score (nSPS) is 15.6.